The summed E-state index contributed by atoms with van der Waals surface area (Å²) in [5.74, 6) is 1.08. The smallest absolute Gasteiger partial charge is 0.237 e. The minimum absolute atomic E-state index is 0.0179. The first-order valence-electron chi connectivity index (χ1n) is 8.95. The number of hydrogen-bond acceptors (Lipinski definition) is 2. The lowest BCUT2D eigenvalue weighted by molar-refractivity contribution is -0.126. The molecule has 24 heavy (non-hydrogen) atoms. The highest BCUT2D eigenvalue weighted by atomic mass is 16.2. The summed E-state index contributed by atoms with van der Waals surface area (Å²) in [5.41, 5.74) is 4.23. The van der Waals surface area contributed by atoms with Crippen LogP contribution in [0.5, 0.6) is 0 Å². The van der Waals surface area contributed by atoms with Crippen LogP contribution in [-0.2, 0) is 9.59 Å². The van der Waals surface area contributed by atoms with Crippen LogP contribution in [-0.4, -0.2) is 12.3 Å². The summed E-state index contributed by atoms with van der Waals surface area (Å²) in [6.45, 7) is 8.18. The molecule has 4 atom stereocenters. The largest absolute Gasteiger partial charge is 0.278 e. The van der Waals surface area contributed by atoms with Crippen molar-refractivity contribution in [2.45, 2.75) is 40.5 Å². The first-order valence-corrected chi connectivity index (χ1v) is 8.95. The molecule has 0 saturated heterocycles. The molecule has 1 aromatic carbocycles. The lowest BCUT2D eigenvalue weighted by atomic mass is 9.83. The molecule has 3 aliphatic carbocycles. The summed E-state index contributed by atoms with van der Waals surface area (Å²) >= 11 is 0. The van der Waals surface area contributed by atoms with Crippen LogP contribution in [0.1, 0.15) is 36.5 Å². The van der Waals surface area contributed by atoms with Gasteiger partial charge in [-0.25, -0.2) is 0 Å². The number of carbonyl (C=O) groups is 2. The van der Waals surface area contributed by atoms with Gasteiger partial charge in [0.05, 0.1) is 5.69 Å². The summed E-state index contributed by atoms with van der Waals surface area (Å²) < 4.78 is 0. The second kappa shape index (κ2) is 5.05. The predicted molar refractivity (Wildman–Crippen MR) is 94.6 cm³/mol. The average molecular weight is 323 g/mol. The minimum Gasteiger partial charge on any atom is -0.278 e. The van der Waals surface area contributed by atoms with E-state index in [0.717, 1.165) is 28.8 Å². The Hall–Kier alpha value is -1.90. The summed E-state index contributed by atoms with van der Waals surface area (Å²) in [5, 5.41) is 0. The van der Waals surface area contributed by atoms with E-state index in [0.29, 0.717) is 23.2 Å². The fourth-order valence-electron chi connectivity index (χ4n) is 5.69. The number of amides is 2. The second-order valence-corrected chi connectivity index (χ2v) is 8.12. The number of aryl methyl sites for hydroxylation is 3. The summed E-state index contributed by atoms with van der Waals surface area (Å²) in [4.78, 5) is 26.6. The second-order valence-electron chi connectivity index (χ2n) is 8.12. The van der Waals surface area contributed by atoms with Gasteiger partial charge >= 0.3 is 0 Å². The molecule has 2 amide bonds. The van der Waals surface area contributed by atoms with Crippen molar-refractivity contribution in [3.05, 3.63) is 41.0 Å². The first-order chi connectivity index (χ1) is 11.4. The van der Waals surface area contributed by atoms with Gasteiger partial charge in [-0.1, -0.05) is 36.8 Å². The van der Waals surface area contributed by atoms with Crippen LogP contribution in [0, 0.1) is 49.9 Å². The molecule has 1 spiro atoms. The molecular weight excluding hydrogens is 298 g/mol. The van der Waals surface area contributed by atoms with Gasteiger partial charge in [0.1, 0.15) is 0 Å². The number of nitrogens with zero attached hydrogens (tertiary/aromatic N) is 1. The maximum atomic E-state index is 13.3. The van der Waals surface area contributed by atoms with Gasteiger partial charge in [0.15, 0.2) is 0 Å². The Morgan fingerprint density at radius 1 is 1.12 bits per heavy atom. The van der Waals surface area contributed by atoms with Gasteiger partial charge in [-0.15, -0.1) is 0 Å². The number of allylic oxidation sites excluding steroid dienone is 2. The van der Waals surface area contributed by atoms with Gasteiger partial charge in [-0.2, -0.15) is 0 Å². The molecule has 1 aromatic rings. The molecule has 3 heteroatoms. The van der Waals surface area contributed by atoms with Crippen LogP contribution in [0.2, 0.25) is 0 Å². The van der Waals surface area contributed by atoms with Crippen molar-refractivity contribution >= 4 is 18.0 Å². The summed E-state index contributed by atoms with van der Waals surface area (Å²) in [7, 11) is 0. The van der Waals surface area contributed by atoms with E-state index in [9.17, 15) is 9.59 Å². The maximum absolute atomic E-state index is 13.3. The highest BCUT2D eigenvalue weighted by Gasteiger charge is 2.67. The Morgan fingerprint density at radius 2 is 1.71 bits per heavy atom. The minimum atomic E-state index is -0.0622. The Bertz CT molecular complexity index is 736. The highest BCUT2D eigenvalue weighted by molar-refractivity contribution is 6.09. The molecule has 0 aliphatic heterocycles. The zero-order valence-electron chi connectivity index (χ0n) is 14.9. The number of carbonyl (C=O) groups excluding carboxylic acids is 2. The molecule has 126 valence electrons. The van der Waals surface area contributed by atoms with E-state index in [-0.39, 0.29) is 11.8 Å². The molecular formula is C21H25NO2. The van der Waals surface area contributed by atoms with Crippen molar-refractivity contribution in [2.24, 2.45) is 29.1 Å². The summed E-state index contributed by atoms with van der Waals surface area (Å²) in [6, 6.07) is 4.08. The molecule has 0 radical (unpaired) electrons. The van der Waals surface area contributed by atoms with Gasteiger partial charge < -0.3 is 0 Å². The third-order valence-corrected chi connectivity index (χ3v) is 6.70. The zero-order chi connectivity index (χ0) is 17.2. The van der Waals surface area contributed by atoms with Crippen molar-refractivity contribution < 1.29 is 9.59 Å². The normalized spacial score (nSPS) is 31.5. The SMILES string of the molecule is Cc1cc(C)c(N(C=O)C(=O)[C@H]2[C@@H](C)[C@@H]3C=C[C@@H]2C32CC2)c(C)c1. The molecule has 3 aliphatic rings. The van der Waals surface area contributed by atoms with Gasteiger partial charge in [-0.3, -0.25) is 14.5 Å². The molecule has 2 fully saturated rings. The van der Waals surface area contributed by atoms with E-state index in [1.165, 1.54) is 17.7 Å². The van der Waals surface area contributed by atoms with Crippen molar-refractivity contribution in [3.8, 4) is 0 Å². The van der Waals surface area contributed by atoms with E-state index in [1.807, 2.05) is 32.9 Å². The lowest BCUT2D eigenvalue weighted by Crippen LogP contribution is -2.40. The molecule has 4 rings (SSSR count). The number of hydrogen-bond donors (Lipinski definition) is 0. The number of anilines is 1. The van der Waals surface area contributed by atoms with Crippen LogP contribution in [0.25, 0.3) is 0 Å². The van der Waals surface area contributed by atoms with Crippen molar-refractivity contribution in [2.75, 3.05) is 4.90 Å². The third-order valence-electron chi connectivity index (χ3n) is 6.70. The Kier molecular flexibility index (Phi) is 3.28. The molecule has 0 aromatic heterocycles. The number of benzene rings is 1. The van der Waals surface area contributed by atoms with Crippen LogP contribution >= 0.6 is 0 Å². The summed E-state index contributed by atoms with van der Waals surface area (Å²) in [6.07, 6.45) is 7.74. The molecule has 0 N–H and O–H groups in total. The van der Waals surface area contributed by atoms with Crippen LogP contribution < -0.4 is 4.90 Å². The molecule has 2 saturated carbocycles. The van der Waals surface area contributed by atoms with Crippen molar-refractivity contribution in [1.82, 2.24) is 0 Å². The standard InChI is InChI=1S/C21H25NO2/c1-12-9-13(2)19(14(3)10-12)22(11-23)20(24)18-15(4)16-5-6-17(18)21(16)7-8-21/h5-6,9-11,15-18H,7-8H2,1-4H3/t15-,16-,17-,18-/m0/s1. The molecule has 0 heterocycles. The highest BCUT2D eigenvalue weighted by Crippen LogP contribution is 2.72. The van der Waals surface area contributed by atoms with Crippen LogP contribution in [0.15, 0.2) is 24.3 Å². The van der Waals surface area contributed by atoms with E-state index in [2.05, 4.69) is 19.1 Å². The topological polar surface area (TPSA) is 37.4 Å². The zero-order valence-corrected chi connectivity index (χ0v) is 14.9. The van der Waals surface area contributed by atoms with Crippen LogP contribution in [0.3, 0.4) is 0 Å². The van der Waals surface area contributed by atoms with Gasteiger partial charge in [-0.05, 0) is 67.9 Å². The number of imide groups is 1. The van der Waals surface area contributed by atoms with Gasteiger partial charge in [0.2, 0.25) is 12.3 Å². The van der Waals surface area contributed by atoms with Crippen LogP contribution in [0.4, 0.5) is 5.69 Å². The fourth-order valence-corrected chi connectivity index (χ4v) is 5.69. The monoisotopic (exact) mass is 323 g/mol. The van der Waals surface area contributed by atoms with Gasteiger partial charge in [0.25, 0.3) is 0 Å². The number of rotatable bonds is 3. The third kappa shape index (κ3) is 1.90. The van der Waals surface area contributed by atoms with E-state index < -0.39 is 0 Å². The molecule has 2 bridgehead atoms. The Balaban J connectivity index is 1.71. The Labute approximate surface area is 143 Å². The van der Waals surface area contributed by atoms with Crippen molar-refractivity contribution in [3.63, 3.8) is 0 Å². The quantitative estimate of drug-likeness (QED) is 0.624. The molecule has 0 unspecified atom stereocenters. The predicted octanol–water partition coefficient (Wildman–Crippen LogP) is 3.95. The first kappa shape index (κ1) is 15.6. The van der Waals surface area contributed by atoms with E-state index in [1.54, 1.807) is 0 Å². The average Bonchev–Trinajstić information content (AvgIpc) is 3.17. The van der Waals surface area contributed by atoms with E-state index in [4.69, 9.17) is 0 Å². The Morgan fingerprint density at radius 3 is 2.21 bits per heavy atom. The fraction of sp³-hybridized carbons (Fsp3) is 0.524. The van der Waals surface area contributed by atoms with Gasteiger partial charge in [0, 0.05) is 5.92 Å². The molecule has 3 nitrogen and oxygen atoms in total. The van der Waals surface area contributed by atoms with Crippen molar-refractivity contribution in [1.29, 1.82) is 0 Å². The maximum Gasteiger partial charge on any atom is 0.237 e. The van der Waals surface area contributed by atoms with E-state index >= 15 is 0 Å². The lowest BCUT2D eigenvalue weighted by Gasteiger charge is -2.29.